The first-order chi connectivity index (χ1) is 7.81. The molecule has 1 aromatic heterocycles. The van der Waals surface area contributed by atoms with E-state index in [4.69, 9.17) is 11.6 Å². The first-order valence-electron chi connectivity index (χ1n) is 4.54. The van der Waals surface area contributed by atoms with Crippen molar-refractivity contribution in [3.63, 3.8) is 0 Å². The summed E-state index contributed by atoms with van der Waals surface area (Å²) >= 11 is 10.6. The third-order valence-corrected chi connectivity index (χ3v) is 3.68. The van der Waals surface area contributed by atoms with Gasteiger partial charge in [0.25, 0.3) is 0 Å². The van der Waals surface area contributed by atoms with E-state index in [-0.39, 0.29) is 0 Å². The third kappa shape index (κ3) is 2.75. The molecule has 1 heterocycles. The third-order valence-electron chi connectivity index (χ3n) is 1.82. The SMILES string of the molecule is ClCCSc1nnnn1-c1ccc(Br)cc1. The van der Waals surface area contributed by atoms with Crippen molar-refractivity contribution in [2.45, 2.75) is 5.16 Å². The maximum Gasteiger partial charge on any atom is 0.214 e. The zero-order valence-corrected chi connectivity index (χ0v) is 11.3. The van der Waals surface area contributed by atoms with E-state index in [1.165, 1.54) is 11.8 Å². The number of hydrogen-bond donors (Lipinski definition) is 0. The molecule has 2 rings (SSSR count). The Hall–Kier alpha value is -0.590. The molecule has 0 radical (unpaired) electrons. The fourth-order valence-electron chi connectivity index (χ4n) is 1.14. The number of aromatic nitrogens is 4. The Morgan fingerprint density at radius 2 is 2.06 bits per heavy atom. The van der Waals surface area contributed by atoms with E-state index in [0.717, 1.165) is 21.1 Å². The molecule has 84 valence electrons. The van der Waals surface area contributed by atoms with Gasteiger partial charge in [0, 0.05) is 16.1 Å². The minimum Gasteiger partial charge on any atom is -0.188 e. The molecule has 0 bridgehead atoms. The number of thioether (sulfide) groups is 1. The fourth-order valence-corrected chi connectivity index (χ4v) is 2.26. The quantitative estimate of drug-likeness (QED) is 0.642. The molecule has 0 spiro atoms. The lowest BCUT2D eigenvalue weighted by atomic mass is 10.3. The van der Waals surface area contributed by atoms with Crippen LogP contribution in [0.25, 0.3) is 5.69 Å². The van der Waals surface area contributed by atoms with Crippen molar-refractivity contribution in [1.82, 2.24) is 20.2 Å². The van der Waals surface area contributed by atoms with Gasteiger partial charge < -0.3 is 0 Å². The summed E-state index contributed by atoms with van der Waals surface area (Å²) in [6.07, 6.45) is 0. The van der Waals surface area contributed by atoms with Gasteiger partial charge in [-0.1, -0.05) is 27.7 Å². The van der Waals surface area contributed by atoms with E-state index >= 15 is 0 Å². The summed E-state index contributed by atoms with van der Waals surface area (Å²) in [7, 11) is 0. The van der Waals surface area contributed by atoms with Crippen LogP contribution in [-0.4, -0.2) is 31.8 Å². The molecule has 4 nitrogen and oxygen atoms in total. The van der Waals surface area contributed by atoms with Crippen LogP contribution in [0, 0.1) is 0 Å². The minimum atomic E-state index is 0.581. The Bertz CT molecular complexity index is 459. The molecular formula is C9H8BrClN4S. The Kier molecular flexibility index (Phi) is 4.20. The number of rotatable bonds is 4. The van der Waals surface area contributed by atoms with Gasteiger partial charge in [0.1, 0.15) is 0 Å². The number of halogens is 2. The van der Waals surface area contributed by atoms with Crippen LogP contribution in [0.4, 0.5) is 0 Å². The maximum absolute atomic E-state index is 5.63. The second-order valence-corrected chi connectivity index (χ2v) is 5.24. The summed E-state index contributed by atoms with van der Waals surface area (Å²) in [4.78, 5) is 0. The first-order valence-corrected chi connectivity index (χ1v) is 6.85. The first kappa shape index (κ1) is 11.9. The van der Waals surface area contributed by atoms with Crippen LogP contribution in [0.2, 0.25) is 0 Å². The van der Waals surface area contributed by atoms with Crippen LogP contribution in [0.15, 0.2) is 33.9 Å². The van der Waals surface area contributed by atoms with Crippen molar-refractivity contribution in [3.05, 3.63) is 28.7 Å². The van der Waals surface area contributed by atoms with Crippen molar-refractivity contribution < 1.29 is 0 Å². The lowest BCUT2D eigenvalue weighted by Gasteiger charge is -2.02. The van der Waals surface area contributed by atoms with Gasteiger partial charge in [-0.05, 0) is 34.7 Å². The topological polar surface area (TPSA) is 43.6 Å². The van der Waals surface area contributed by atoms with Gasteiger partial charge in [0.2, 0.25) is 5.16 Å². The van der Waals surface area contributed by atoms with Crippen molar-refractivity contribution in [2.24, 2.45) is 0 Å². The number of alkyl halides is 1. The van der Waals surface area contributed by atoms with Crippen LogP contribution < -0.4 is 0 Å². The molecule has 0 fully saturated rings. The number of benzene rings is 1. The molecule has 0 aliphatic rings. The van der Waals surface area contributed by atoms with Gasteiger partial charge in [0.15, 0.2) is 0 Å². The molecule has 16 heavy (non-hydrogen) atoms. The zero-order chi connectivity index (χ0) is 11.4. The van der Waals surface area contributed by atoms with Crippen LogP contribution in [0.3, 0.4) is 0 Å². The smallest absolute Gasteiger partial charge is 0.188 e. The number of tetrazole rings is 1. The summed E-state index contributed by atoms with van der Waals surface area (Å²) in [5, 5.41) is 12.3. The monoisotopic (exact) mass is 318 g/mol. The van der Waals surface area contributed by atoms with Gasteiger partial charge in [0.05, 0.1) is 5.69 Å². The molecule has 0 saturated heterocycles. The molecular weight excluding hydrogens is 312 g/mol. The summed E-state index contributed by atoms with van der Waals surface area (Å²) < 4.78 is 2.73. The predicted octanol–water partition coefficient (Wildman–Crippen LogP) is 2.76. The molecule has 0 aliphatic carbocycles. The second-order valence-electron chi connectivity index (χ2n) is 2.89. The highest BCUT2D eigenvalue weighted by Gasteiger charge is 2.07. The highest BCUT2D eigenvalue weighted by Crippen LogP contribution is 2.19. The average molecular weight is 320 g/mol. The Morgan fingerprint density at radius 1 is 1.31 bits per heavy atom. The fraction of sp³-hybridized carbons (Fsp3) is 0.222. The van der Waals surface area contributed by atoms with E-state index < -0.39 is 0 Å². The molecule has 0 unspecified atom stereocenters. The van der Waals surface area contributed by atoms with Crippen LogP contribution in [-0.2, 0) is 0 Å². The van der Waals surface area contributed by atoms with Gasteiger partial charge >= 0.3 is 0 Å². The minimum absolute atomic E-state index is 0.581. The zero-order valence-electron chi connectivity index (χ0n) is 8.18. The molecule has 0 aliphatic heterocycles. The van der Waals surface area contributed by atoms with E-state index in [9.17, 15) is 0 Å². The molecule has 7 heteroatoms. The molecule has 0 N–H and O–H groups in total. The van der Waals surface area contributed by atoms with Crippen LogP contribution in [0.5, 0.6) is 0 Å². The number of hydrogen-bond acceptors (Lipinski definition) is 4. The normalized spacial score (nSPS) is 10.6. The summed E-state index contributed by atoms with van der Waals surface area (Å²) in [6.45, 7) is 0. The molecule has 2 aromatic rings. The van der Waals surface area contributed by atoms with Crippen molar-refractivity contribution >= 4 is 39.3 Å². The highest BCUT2D eigenvalue weighted by molar-refractivity contribution is 9.10. The van der Waals surface area contributed by atoms with Gasteiger partial charge in [-0.3, -0.25) is 0 Å². The van der Waals surface area contributed by atoms with Crippen molar-refractivity contribution in [1.29, 1.82) is 0 Å². The van der Waals surface area contributed by atoms with Crippen molar-refractivity contribution in [2.75, 3.05) is 11.6 Å². The lowest BCUT2D eigenvalue weighted by molar-refractivity contribution is 0.756. The standard InChI is InChI=1S/C9H8BrClN4S/c10-7-1-3-8(4-2-7)15-9(12-13-14-15)16-6-5-11/h1-4H,5-6H2. The summed E-state index contributed by atoms with van der Waals surface area (Å²) in [5.41, 5.74) is 0.935. The lowest BCUT2D eigenvalue weighted by Crippen LogP contribution is -1.99. The number of nitrogens with zero attached hydrogens (tertiary/aromatic N) is 4. The van der Waals surface area contributed by atoms with Crippen LogP contribution >= 0.6 is 39.3 Å². The predicted molar refractivity (Wildman–Crippen MR) is 68.3 cm³/mol. The summed E-state index contributed by atoms with van der Waals surface area (Å²) in [5.74, 6) is 1.37. The van der Waals surface area contributed by atoms with E-state index in [1.807, 2.05) is 24.3 Å². The summed E-state index contributed by atoms with van der Waals surface area (Å²) in [6, 6.07) is 7.80. The Morgan fingerprint density at radius 3 is 2.75 bits per heavy atom. The second kappa shape index (κ2) is 5.65. The van der Waals surface area contributed by atoms with Crippen molar-refractivity contribution in [3.8, 4) is 5.69 Å². The highest BCUT2D eigenvalue weighted by atomic mass is 79.9. The largest absolute Gasteiger partial charge is 0.214 e. The van der Waals surface area contributed by atoms with Gasteiger partial charge in [-0.15, -0.1) is 16.7 Å². The Balaban J connectivity index is 2.26. The maximum atomic E-state index is 5.63. The van der Waals surface area contributed by atoms with E-state index in [2.05, 4.69) is 31.5 Å². The molecule has 0 saturated carbocycles. The molecule has 0 atom stereocenters. The van der Waals surface area contributed by atoms with Crippen LogP contribution in [0.1, 0.15) is 0 Å². The van der Waals surface area contributed by atoms with Gasteiger partial charge in [-0.2, -0.15) is 4.68 Å². The van der Waals surface area contributed by atoms with E-state index in [1.54, 1.807) is 4.68 Å². The molecule has 1 aromatic carbocycles. The Labute approximate surface area is 110 Å². The van der Waals surface area contributed by atoms with E-state index in [0.29, 0.717) is 5.88 Å². The molecule has 0 amide bonds. The average Bonchev–Trinajstić information content (AvgIpc) is 2.75. The van der Waals surface area contributed by atoms with Gasteiger partial charge in [-0.25, -0.2) is 0 Å².